The van der Waals surface area contributed by atoms with Crippen LogP contribution in [0.3, 0.4) is 0 Å². The number of amides is 1. The summed E-state index contributed by atoms with van der Waals surface area (Å²) in [4.78, 5) is 26.8. The predicted octanol–water partition coefficient (Wildman–Crippen LogP) is 1.22. The van der Waals surface area contributed by atoms with Crippen LogP contribution in [-0.4, -0.2) is 70.2 Å². The summed E-state index contributed by atoms with van der Waals surface area (Å²) in [5.41, 5.74) is 0.395. The first-order valence-corrected chi connectivity index (χ1v) is 9.20. The summed E-state index contributed by atoms with van der Waals surface area (Å²) in [6.45, 7) is 4.90. The zero-order chi connectivity index (χ0) is 17.8. The number of rotatable bonds is 3. The summed E-state index contributed by atoms with van der Waals surface area (Å²) in [5, 5.41) is 8.83. The van der Waals surface area contributed by atoms with Gasteiger partial charge in [0.2, 0.25) is 0 Å². The van der Waals surface area contributed by atoms with Gasteiger partial charge in [-0.2, -0.15) is 0 Å². The second kappa shape index (κ2) is 7.63. The van der Waals surface area contributed by atoms with Crippen molar-refractivity contribution in [3.8, 4) is 0 Å². The van der Waals surface area contributed by atoms with Crippen molar-refractivity contribution in [2.75, 3.05) is 49.1 Å². The topological polar surface area (TPSA) is 78.4 Å². The van der Waals surface area contributed by atoms with E-state index < -0.39 is 0 Å². The van der Waals surface area contributed by atoms with Gasteiger partial charge in [-0.15, -0.1) is 10.2 Å². The number of carbonyl (C=O) groups is 1. The minimum absolute atomic E-state index is 0.0655. The SMILES string of the molecule is O=C(c1cnccn1)N1CCN(c2ccc(N3CCCCC3)nn2)CC1. The molecule has 4 rings (SSSR count). The molecule has 2 saturated heterocycles. The van der Waals surface area contributed by atoms with Crippen LogP contribution in [0.25, 0.3) is 0 Å². The van der Waals surface area contributed by atoms with Crippen LogP contribution < -0.4 is 9.80 Å². The summed E-state index contributed by atoms with van der Waals surface area (Å²) in [5.74, 6) is 1.77. The zero-order valence-corrected chi connectivity index (χ0v) is 14.8. The van der Waals surface area contributed by atoms with Crippen molar-refractivity contribution in [2.45, 2.75) is 19.3 Å². The molecular weight excluding hydrogens is 330 g/mol. The summed E-state index contributed by atoms with van der Waals surface area (Å²) >= 11 is 0. The molecule has 2 aliphatic rings. The number of piperidine rings is 1. The lowest BCUT2D eigenvalue weighted by Crippen LogP contribution is -2.49. The van der Waals surface area contributed by atoms with Crippen LogP contribution in [0.5, 0.6) is 0 Å². The smallest absolute Gasteiger partial charge is 0.274 e. The molecule has 2 aromatic heterocycles. The molecule has 136 valence electrons. The molecule has 0 saturated carbocycles. The number of nitrogens with zero attached hydrogens (tertiary/aromatic N) is 7. The van der Waals surface area contributed by atoms with Crippen molar-refractivity contribution in [1.29, 1.82) is 0 Å². The molecule has 4 heterocycles. The molecule has 0 N–H and O–H groups in total. The second-order valence-corrected chi connectivity index (χ2v) is 6.67. The summed E-state index contributed by atoms with van der Waals surface area (Å²) < 4.78 is 0. The number of aromatic nitrogens is 4. The van der Waals surface area contributed by atoms with Gasteiger partial charge in [0.1, 0.15) is 5.69 Å². The van der Waals surface area contributed by atoms with Gasteiger partial charge in [-0.25, -0.2) is 4.98 Å². The van der Waals surface area contributed by atoms with Crippen LogP contribution in [0.1, 0.15) is 29.8 Å². The molecule has 0 aliphatic carbocycles. The van der Waals surface area contributed by atoms with Gasteiger partial charge in [-0.05, 0) is 31.4 Å². The van der Waals surface area contributed by atoms with Crippen molar-refractivity contribution >= 4 is 17.5 Å². The molecule has 2 fully saturated rings. The zero-order valence-electron chi connectivity index (χ0n) is 14.8. The fourth-order valence-corrected chi connectivity index (χ4v) is 3.49. The van der Waals surface area contributed by atoms with Crippen molar-refractivity contribution in [2.24, 2.45) is 0 Å². The van der Waals surface area contributed by atoms with Gasteiger partial charge in [0.25, 0.3) is 5.91 Å². The lowest BCUT2D eigenvalue weighted by Gasteiger charge is -2.35. The Morgan fingerprint density at radius 2 is 1.46 bits per heavy atom. The fraction of sp³-hybridized carbons (Fsp3) is 0.500. The summed E-state index contributed by atoms with van der Waals surface area (Å²) in [6.07, 6.45) is 8.39. The van der Waals surface area contributed by atoms with Crippen LogP contribution in [0.4, 0.5) is 11.6 Å². The van der Waals surface area contributed by atoms with E-state index in [-0.39, 0.29) is 5.91 Å². The Balaban J connectivity index is 1.35. The third-order valence-corrected chi connectivity index (χ3v) is 4.99. The Bertz CT molecular complexity index is 723. The maximum atomic E-state index is 12.4. The molecule has 2 aliphatic heterocycles. The quantitative estimate of drug-likeness (QED) is 0.821. The Labute approximate surface area is 152 Å². The highest BCUT2D eigenvalue weighted by atomic mass is 16.2. The van der Waals surface area contributed by atoms with E-state index >= 15 is 0 Å². The minimum atomic E-state index is -0.0655. The van der Waals surface area contributed by atoms with Crippen LogP contribution in [0, 0.1) is 0 Å². The third-order valence-electron chi connectivity index (χ3n) is 4.99. The van der Waals surface area contributed by atoms with Crippen LogP contribution in [0.15, 0.2) is 30.7 Å². The lowest BCUT2D eigenvalue weighted by molar-refractivity contribution is 0.0740. The first-order valence-electron chi connectivity index (χ1n) is 9.20. The van der Waals surface area contributed by atoms with Gasteiger partial charge in [-0.1, -0.05) is 0 Å². The van der Waals surface area contributed by atoms with Crippen molar-refractivity contribution in [1.82, 2.24) is 25.1 Å². The van der Waals surface area contributed by atoms with Gasteiger partial charge in [0.05, 0.1) is 6.20 Å². The van der Waals surface area contributed by atoms with E-state index in [1.165, 1.54) is 25.5 Å². The van der Waals surface area contributed by atoms with Gasteiger partial charge in [0, 0.05) is 51.7 Å². The van der Waals surface area contributed by atoms with E-state index in [1.807, 2.05) is 11.0 Å². The monoisotopic (exact) mass is 353 g/mol. The van der Waals surface area contributed by atoms with Crippen LogP contribution >= 0.6 is 0 Å². The summed E-state index contributed by atoms with van der Waals surface area (Å²) in [6, 6.07) is 4.10. The van der Waals surface area contributed by atoms with E-state index in [4.69, 9.17) is 0 Å². The highest BCUT2D eigenvalue weighted by Crippen LogP contribution is 2.20. The Kier molecular flexibility index (Phi) is 4.90. The molecular formula is C18H23N7O. The number of carbonyl (C=O) groups excluding carboxylic acids is 1. The van der Waals surface area contributed by atoms with Gasteiger partial charge in [0.15, 0.2) is 11.6 Å². The van der Waals surface area contributed by atoms with E-state index in [2.05, 4.69) is 36.0 Å². The van der Waals surface area contributed by atoms with Crippen molar-refractivity contribution in [3.05, 3.63) is 36.4 Å². The molecule has 0 unspecified atom stereocenters. The Morgan fingerprint density at radius 1 is 0.808 bits per heavy atom. The standard InChI is InChI=1S/C18H23N7O/c26-18(15-14-19-6-7-20-15)25-12-10-24(11-13-25)17-5-4-16(21-22-17)23-8-2-1-3-9-23/h4-7,14H,1-3,8-13H2. The molecule has 8 heteroatoms. The number of hydrogen-bond acceptors (Lipinski definition) is 7. The van der Waals surface area contributed by atoms with E-state index in [1.54, 1.807) is 12.4 Å². The first-order chi connectivity index (χ1) is 12.8. The van der Waals surface area contributed by atoms with Crippen molar-refractivity contribution < 1.29 is 4.79 Å². The molecule has 26 heavy (non-hydrogen) atoms. The van der Waals surface area contributed by atoms with E-state index in [0.29, 0.717) is 18.8 Å². The Hall–Kier alpha value is -2.77. The molecule has 0 atom stereocenters. The van der Waals surface area contributed by atoms with Gasteiger partial charge >= 0.3 is 0 Å². The normalized spacial score (nSPS) is 18.1. The van der Waals surface area contributed by atoms with E-state index in [0.717, 1.165) is 37.8 Å². The lowest BCUT2D eigenvalue weighted by atomic mass is 10.1. The van der Waals surface area contributed by atoms with Crippen molar-refractivity contribution in [3.63, 3.8) is 0 Å². The highest BCUT2D eigenvalue weighted by molar-refractivity contribution is 5.92. The fourth-order valence-electron chi connectivity index (χ4n) is 3.49. The van der Waals surface area contributed by atoms with E-state index in [9.17, 15) is 4.79 Å². The molecule has 0 bridgehead atoms. The third kappa shape index (κ3) is 3.58. The average molecular weight is 353 g/mol. The number of piperazine rings is 1. The van der Waals surface area contributed by atoms with Crippen LogP contribution in [0.2, 0.25) is 0 Å². The summed E-state index contributed by atoms with van der Waals surface area (Å²) in [7, 11) is 0. The minimum Gasteiger partial charge on any atom is -0.355 e. The molecule has 0 aromatic carbocycles. The highest BCUT2D eigenvalue weighted by Gasteiger charge is 2.24. The number of hydrogen-bond donors (Lipinski definition) is 0. The van der Waals surface area contributed by atoms with Crippen LogP contribution in [-0.2, 0) is 0 Å². The Morgan fingerprint density at radius 3 is 2.04 bits per heavy atom. The predicted molar refractivity (Wildman–Crippen MR) is 98.2 cm³/mol. The van der Waals surface area contributed by atoms with Gasteiger partial charge < -0.3 is 14.7 Å². The largest absolute Gasteiger partial charge is 0.355 e. The first kappa shape index (κ1) is 16.7. The molecule has 2 aromatic rings. The second-order valence-electron chi connectivity index (χ2n) is 6.67. The maximum absolute atomic E-state index is 12.4. The molecule has 1 amide bonds. The maximum Gasteiger partial charge on any atom is 0.274 e. The average Bonchev–Trinajstić information content (AvgIpc) is 2.75. The molecule has 0 radical (unpaired) electrons. The number of anilines is 2. The molecule has 8 nitrogen and oxygen atoms in total. The van der Waals surface area contributed by atoms with Gasteiger partial charge in [-0.3, -0.25) is 9.78 Å². The molecule has 0 spiro atoms.